The molecule has 1 aromatic carbocycles. The highest BCUT2D eigenvalue weighted by Crippen LogP contribution is 2.35. The standard InChI is InChI=1S/C9H10NO3P/c1-11-14(12-2)9-10-7-5-3-4-6-8(7)13-9/h3-6H,1-2H3. The number of hydrogen-bond acceptors (Lipinski definition) is 4. The number of aromatic nitrogens is 1. The van der Waals surface area contributed by atoms with Crippen LogP contribution in [0.15, 0.2) is 28.7 Å². The van der Waals surface area contributed by atoms with E-state index in [1.807, 2.05) is 24.3 Å². The molecule has 0 spiro atoms. The minimum absolute atomic E-state index is 0.506. The van der Waals surface area contributed by atoms with Crippen LogP contribution >= 0.6 is 8.38 Å². The zero-order valence-electron chi connectivity index (χ0n) is 7.93. The van der Waals surface area contributed by atoms with Crippen molar-refractivity contribution >= 4 is 25.1 Å². The molecular formula is C9H10NO3P. The van der Waals surface area contributed by atoms with Gasteiger partial charge in [-0.1, -0.05) is 12.1 Å². The molecule has 0 fully saturated rings. The van der Waals surface area contributed by atoms with E-state index in [0.29, 0.717) is 5.63 Å². The average molecular weight is 211 g/mol. The van der Waals surface area contributed by atoms with Gasteiger partial charge in [-0.3, -0.25) is 0 Å². The number of fused-ring (bicyclic) bond motifs is 1. The van der Waals surface area contributed by atoms with Gasteiger partial charge in [-0.05, 0) is 12.1 Å². The third-order valence-electron chi connectivity index (χ3n) is 1.77. The van der Waals surface area contributed by atoms with Crippen LogP contribution in [0.5, 0.6) is 0 Å². The molecule has 0 N–H and O–H groups in total. The van der Waals surface area contributed by atoms with Crippen molar-refractivity contribution in [3.8, 4) is 0 Å². The zero-order valence-corrected chi connectivity index (χ0v) is 8.82. The molecule has 14 heavy (non-hydrogen) atoms. The Morgan fingerprint density at radius 3 is 2.57 bits per heavy atom. The summed E-state index contributed by atoms with van der Waals surface area (Å²) in [5, 5.41) is 0. The summed E-state index contributed by atoms with van der Waals surface area (Å²) in [6.07, 6.45) is 0. The van der Waals surface area contributed by atoms with E-state index < -0.39 is 8.38 Å². The van der Waals surface area contributed by atoms with E-state index in [-0.39, 0.29) is 0 Å². The largest absolute Gasteiger partial charge is 0.433 e. The highest BCUT2D eigenvalue weighted by molar-refractivity contribution is 7.55. The Morgan fingerprint density at radius 2 is 1.93 bits per heavy atom. The normalized spacial score (nSPS) is 11.4. The molecule has 4 nitrogen and oxygen atoms in total. The molecule has 1 heterocycles. The first-order valence-corrected chi connectivity index (χ1v) is 5.27. The van der Waals surface area contributed by atoms with E-state index in [9.17, 15) is 0 Å². The summed E-state index contributed by atoms with van der Waals surface area (Å²) < 4.78 is 15.7. The van der Waals surface area contributed by atoms with E-state index in [1.165, 1.54) is 0 Å². The molecule has 1 aromatic heterocycles. The van der Waals surface area contributed by atoms with Crippen molar-refractivity contribution < 1.29 is 13.5 Å². The molecule has 0 aliphatic carbocycles. The molecule has 2 aromatic rings. The molecule has 0 saturated carbocycles. The Balaban J connectivity index is 2.43. The maximum Gasteiger partial charge on any atom is 0.275 e. The fourth-order valence-corrected chi connectivity index (χ4v) is 1.99. The summed E-state index contributed by atoms with van der Waals surface area (Å²) in [5.41, 5.74) is 2.08. The van der Waals surface area contributed by atoms with Crippen LogP contribution in [0, 0.1) is 0 Å². The van der Waals surface area contributed by atoms with E-state index in [2.05, 4.69) is 4.98 Å². The van der Waals surface area contributed by atoms with E-state index >= 15 is 0 Å². The van der Waals surface area contributed by atoms with Crippen molar-refractivity contribution in [3.63, 3.8) is 0 Å². The number of hydrogen-bond donors (Lipinski definition) is 0. The van der Waals surface area contributed by atoms with Crippen LogP contribution in [0.3, 0.4) is 0 Å². The molecule has 0 bridgehead atoms. The second-order valence-corrected chi connectivity index (χ2v) is 4.21. The van der Waals surface area contributed by atoms with Crippen LogP contribution in [0.1, 0.15) is 0 Å². The van der Waals surface area contributed by atoms with Crippen molar-refractivity contribution in [2.24, 2.45) is 0 Å². The van der Waals surface area contributed by atoms with E-state index in [1.54, 1.807) is 14.2 Å². The Hall–Kier alpha value is -0.960. The lowest BCUT2D eigenvalue weighted by atomic mass is 10.3. The molecule has 74 valence electrons. The SMILES string of the molecule is COP(OC)c1nc2ccccc2o1. The minimum atomic E-state index is -1.18. The quantitative estimate of drug-likeness (QED) is 0.729. The lowest BCUT2D eigenvalue weighted by molar-refractivity contribution is 0.343. The number of nitrogens with zero attached hydrogens (tertiary/aromatic N) is 1. The van der Waals surface area contributed by atoms with Gasteiger partial charge in [0, 0.05) is 14.2 Å². The molecule has 0 unspecified atom stereocenters. The van der Waals surface area contributed by atoms with Crippen LogP contribution < -0.4 is 5.63 Å². The Labute approximate surface area is 82.8 Å². The fraction of sp³-hybridized carbons (Fsp3) is 0.222. The van der Waals surface area contributed by atoms with Gasteiger partial charge >= 0.3 is 0 Å². The van der Waals surface area contributed by atoms with Gasteiger partial charge in [-0.15, -0.1) is 0 Å². The fourth-order valence-electron chi connectivity index (χ4n) is 1.17. The summed E-state index contributed by atoms with van der Waals surface area (Å²) in [6, 6.07) is 7.57. The number of rotatable bonds is 3. The van der Waals surface area contributed by atoms with Gasteiger partial charge in [0.15, 0.2) is 5.58 Å². The van der Waals surface area contributed by atoms with Gasteiger partial charge in [-0.2, -0.15) is 0 Å². The van der Waals surface area contributed by atoms with Crippen LogP contribution in [-0.4, -0.2) is 19.2 Å². The van der Waals surface area contributed by atoms with Gasteiger partial charge in [-0.25, -0.2) is 4.98 Å². The Bertz CT molecular complexity index is 392. The van der Waals surface area contributed by atoms with Crippen LogP contribution in [0.25, 0.3) is 11.1 Å². The average Bonchev–Trinajstić information content (AvgIpc) is 2.63. The van der Waals surface area contributed by atoms with Crippen molar-refractivity contribution in [2.75, 3.05) is 14.2 Å². The predicted octanol–water partition coefficient (Wildman–Crippen LogP) is 2.06. The first-order chi connectivity index (χ1) is 6.85. The van der Waals surface area contributed by atoms with E-state index in [4.69, 9.17) is 13.5 Å². The summed E-state index contributed by atoms with van der Waals surface area (Å²) in [7, 11) is 1.97. The molecule has 0 aliphatic heterocycles. The third kappa shape index (κ3) is 1.64. The van der Waals surface area contributed by atoms with Gasteiger partial charge in [0.1, 0.15) is 5.52 Å². The second-order valence-electron chi connectivity index (χ2n) is 2.59. The molecular weight excluding hydrogens is 201 g/mol. The molecule has 2 rings (SSSR count). The maximum absolute atomic E-state index is 5.48. The topological polar surface area (TPSA) is 44.5 Å². The lowest BCUT2D eigenvalue weighted by Gasteiger charge is -2.05. The molecule has 0 radical (unpaired) electrons. The second kappa shape index (κ2) is 4.05. The maximum atomic E-state index is 5.48. The van der Waals surface area contributed by atoms with Crippen LogP contribution in [0.2, 0.25) is 0 Å². The molecule has 0 atom stereocenters. The highest BCUT2D eigenvalue weighted by atomic mass is 31.2. The summed E-state index contributed by atoms with van der Waals surface area (Å²) in [5.74, 6) is 0. The first kappa shape index (κ1) is 9.59. The summed E-state index contributed by atoms with van der Waals surface area (Å²) >= 11 is 0. The van der Waals surface area contributed by atoms with Crippen molar-refractivity contribution in [1.29, 1.82) is 0 Å². The van der Waals surface area contributed by atoms with Crippen molar-refractivity contribution in [3.05, 3.63) is 24.3 Å². The van der Waals surface area contributed by atoms with Gasteiger partial charge < -0.3 is 13.5 Å². The van der Waals surface area contributed by atoms with Gasteiger partial charge in [0.2, 0.25) is 0 Å². The minimum Gasteiger partial charge on any atom is -0.433 e. The van der Waals surface area contributed by atoms with Crippen molar-refractivity contribution in [1.82, 2.24) is 4.98 Å². The van der Waals surface area contributed by atoms with Gasteiger partial charge in [0.05, 0.1) is 0 Å². The molecule has 0 amide bonds. The Morgan fingerprint density at radius 1 is 1.21 bits per heavy atom. The zero-order chi connectivity index (χ0) is 9.97. The monoisotopic (exact) mass is 211 g/mol. The first-order valence-electron chi connectivity index (χ1n) is 4.09. The molecule has 0 aliphatic rings. The number of oxazole rings is 1. The smallest absolute Gasteiger partial charge is 0.275 e. The van der Waals surface area contributed by atoms with Crippen LogP contribution in [0.4, 0.5) is 0 Å². The third-order valence-corrected chi connectivity index (χ3v) is 2.94. The molecule has 0 saturated heterocycles. The predicted molar refractivity (Wildman–Crippen MR) is 54.6 cm³/mol. The highest BCUT2D eigenvalue weighted by Gasteiger charge is 2.17. The van der Waals surface area contributed by atoms with Gasteiger partial charge in [0.25, 0.3) is 14.0 Å². The number of para-hydroxylation sites is 2. The van der Waals surface area contributed by atoms with E-state index in [0.717, 1.165) is 11.1 Å². The summed E-state index contributed by atoms with van der Waals surface area (Å²) in [4.78, 5) is 4.27. The Kier molecular flexibility index (Phi) is 2.77. The van der Waals surface area contributed by atoms with Crippen molar-refractivity contribution in [2.45, 2.75) is 0 Å². The van der Waals surface area contributed by atoms with Crippen LogP contribution in [-0.2, 0) is 9.05 Å². The molecule has 5 heteroatoms. The summed E-state index contributed by atoms with van der Waals surface area (Å²) in [6.45, 7) is 0. The lowest BCUT2D eigenvalue weighted by Crippen LogP contribution is -2.03. The number of benzene rings is 1.